The van der Waals surface area contributed by atoms with Crippen LogP contribution in [0.2, 0.25) is 0 Å². The van der Waals surface area contributed by atoms with Gasteiger partial charge in [-0.05, 0) is 41.7 Å². The monoisotopic (exact) mass is 354 g/mol. The summed E-state index contributed by atoms with van der Waals surface area (Å²) >= 11 is 0. The van der Waals surface area contributed by atoms with Crippen molar-refractivity contribution in [1.82, 2.24) is 10.2 Å². The fourth-order valence-corrected chi connectivity index (χ4v) is 3.25. The van der Waals surface area contributed by atoms with Crippen molar-refractivity contribution in [3.05, 3.63) is 71.0 Å². The summed E-state index contributed by atoms with van der Waals surface area (Å²) in [6, 6.07) is 12.9. The van der Waals surface area contributed by atoms with E-state index in [0.717, 1.165) is 12.0 Å². The van der Waals surface area contributed by atoms with Crippen LogP contribution in [0.15, 0.2) is 48.5 Å². The molecule has 1 N–H and O–H groups in total. The summed E-state index contributed by atoms with van der Waals surface area (Å²) in [5, 5.41) is 2.78. The van der Waals surface area contributed by atoms with E-state index in [0.29, 0.717) is 13.1 Å². The number of fused-ring (bicyclic) bond motifs is 1. The molecule has 136 valence electrons. The predicted molar refractivity (Wildman–Crippen MR) is 98.1 cm³/mol. The largest absolute Gasteiger partial charge is 0.340 e. The first-order chi connectivity index (χ1) is 12.5. The van der Waals surface area contributed by atoms with Crippen LogP contribution in [-0.4, -0.2) is 29.3 Å². The normalized spacial score (nSPS) is 14.7. The number of hydrogen-bond donors (Lipinski definition) is 1. The highest BCUT2D eigenvalue weighted by molar-refractivity contribution is 5.97. The van der Waals surface area contributed by atoms with E-state index in [1.165, 1.54) is 29.8 Å². The quantitative estimate of drug-likeness (QED) is 0.917. The van der Waals surface area contributed by atoms with E-state index in [1.54, 1.807) is 4.90 Å². The highest BCUT2D eigenvalue weighted by Gasteiger charge is 2.30. The first kappa shape index (κ1) is 18.1. The molecule has 0 bridgehead atoms. The summed E-state index contributed by atoms with van der Waals surface area (Å²) in [5.41, 5.74) is 2.62. The third-order valence-electron chi connectivity index (χ3n) is 4.75. The molecule has 5 heteroatoms. The zero-order valence-electron chi connectivity index (χ0n) is 15.0. The predicted octanol–water partition coefficient (Wildman–Crippen LogP) is 3.17. The van der Waals surface area contributed by atoms with E-state index in [9.17, 15) is 14.0 Å². The van der Waals surface area contributed by atoms with Gasteiger partial charge in [0, 0.05) is 18.7 Å². The number of nitrogens with one attached hydrogen (secondary N) is 1. The molecular formula is C21H23FN2O2. The van der Waals surface area contributed by atoms with Crippen molar-refractivity contribution >= 4 is 11.8 Å². The molecule has 2 aromatic carbocycles. The topological polar surface area (TPSA) is 49.4 Å². The fraction of sp³-hybridized carbons (Fsp3) is 0.333. The average Bonchev–Trinajstić information content (AvgIpc) is 2.64. The van der Waals surface area contributed by atoms with Crippen molar-refractivity contribution in [2.24, 2.45) is 5.92 Å². The van der Waals surface area contributed by atoms with E-state index in [4.69, 9.17) is 0 Å². The van der Waals surface area contributed by atoms with Gasteiger partial charge in [-0.1, -0.05) is 44.2 Å². The van der Waals surface area contributed by atoms with Crippen LogP contribution in [0.3, 0.4) is 0 Å². The Balaban J connectivity index is 1.74. The lowest BCUT2D eigenvalue weighted by atomic mass is 9.97. The van der Waals surface area contributed by atoms with Gasteiger partial charge in [0.2, 0.25) is 5.91 Å². The molecule has 1 heterocycles. The Labute approximate surface area is 153 Å². The highest BCUT2D eigenvalue weighted by atomic mass is 19.1. The number of rotatable bonds is 4. The molecule has 1 atom stereocenters. The van der Waals surface area contributed by atoms with E-state index in [-0.39, 0.29) is 17.4 Å². The van der Waals surface area contributed by atoms with Gasteiger partial charge in [0.15, 0.2) is 0 Å². The molecule has 0 fully saturated rings. The second-order valence-electron chi connectivity index (χ2n) is 6.98. The molecule has 0 aromatic heterocycles. The molecule has 1 aliphatic heterocycles. The second kappa shape index (κ2) is 7.68. The van der Waals surface area contributed by atoms with Crippen molar-refractivity contribution in [2.75, 3.05) is 6.54 Å². The summed E-state index contributed by atoms with van der Waals surface area (Å²) in [5.74, 6) is -1.08. The third kappa shape index (κ3) is 3.93. The first-order valence-corrected chi connectivity index (χ1v) is 8.87. The number of benzene rings is 2. The van der Waals surface area contributed by atoms with Gasteiger partial charge < -0.3 is 10.2 Å². The van der Waals surface area contributed by atoms with Crippen LogP contribution in [0.5, 0.6) is 0 Å². The van der Waals surface area contributed by atoms with Crippen LogP contribution in [0.25, 0.3) is 0 Å². The number of halogens is 1. The number of nitrogens with zero attached hydrogens (tertiary/aromatic N) is 1. The minimum atomic E-state index is -0.643. The van der Waals surface area contributed by atoms with Crippen LogP contribution in [0.4, 0.5) is 4.39 Å². The van der Waals surface area contributed by atoms with Crippen molar-refractivity contribution in [3.8, 4) is 0 Å². The molecular weight excluding hydrogens is 331 g/mol. The summed E-state index contributed by atoms with van der Waals surface area (Å²) in [4.78, 5) is 27.3. The van der Waals surface area contributed by atoms with Crippen LogP contribution in [-0.2, 0) is 17.8 Å². The molecule has 3 rings (SSSR count). The molecule has 26 heavy (non-hydrogen) atoms. The molecule has 2 aromatic rings. The van der Waals surface area contributed by atoms with E-state index >= 15 is 0 Å². The van der Waals surface area contributed by atoms with Gasteiger partial charge in [-0.25, -0.2) is 4.39 Å². The SMILES string of the molecule is CC(C)[C@@H](NC(=O)c1cccc(F)c1)C(=O)N1CCc2ccccc2C1. The van der Waals surface area contributed by atoms with Crippen molar-refractivity contribution < 1.29 is 14.0 Å². The minimum Gasteiger partial charge on any atom is -0.340 e. The number of carbonyl (C=O) groups excluding carboxylic acids is 2. The molecule has 0 saturated carbocycles. The Kier molecular flexibility index (Phi) is 5.35. The molecule has 0 saturated heterocycles. The lowest BCUT2D eigenvalue weighted by Crippen LogP contribution is -2.52. The van der Waals surface area contributed by atoms with Gasteiger partial charge in [0.1, 0.15) is 11.9 Å². The lowest BCUT2D eigenvalue weighted by Gasteiger charge is -2.33. The molecule has 0 aliphatic carbocycles. The van der Waals surface area contributed by atoms with Gasteiger partial charge in [-0.15, -0.1) is 0 Å². The molecule has 1 aliphatic rings. The van der Waals surface area contributed by atoms with Gasteiger partial charge in [0.25, 0.3) is 5.91 Å². The minimum absolute atomic E-state index is 0.0721. The average molecular weight is 354 g/mol. The van der Waals surface area contributed by atoms with Gasteiger partial charge in [-0.2, -0.15) is 0 Å². The van der Waals surface area contributed by atoms with Gasteiger partial charge in [0.05, 0.1) is 0 Å². The molecule has 0 spiro atoms. The summed E-state index contributed by atoms with van der Waals surface area (Å²) in [7, 11) is 0. The Morgan fingerprint density at radius 3 is 2.50 bits per heavy atom. The number of carbonyl (C=O) groups is 2. The zero-order valence-corrected chi connectivity index (χ0v) is 15.0. The maximum Gasteiger partial charge on any atom is 0.252 e. The van der Waals surface area contributed by atoms with Crippen LogP contribution < -0.4 is 5.32 Å². The van der Waals surface area contributed by atoms with Crippen LogP contribution in [0, 0.1) is 11.7 Å². The molecule has 0 unspecified atom stereocenters. The smallest absolute Gasteiger partial charge is 0.252 e. The summed E-state index contributed by atoms with van der Waals surface area (Å²) < 4.78 is 13.4. The maximum atomic E-state index is 13.4. The van der Waals surface area contributed by atoms with Crippen molar-refractivity contribution in [2.45, 2.75) is 32.9 Å². The number of amides is 2. The van der Waals surface area contributed by atoms with E-state index in [2.05, 4.69) is 11.4 Å². The molecule has 2 amide bonds. The Morgan fingerprint density at radius 1 is 1.08 bits per heavy atom. The van der Waals surface area contributed by atoms with Crippen LogP contribution >= 0.6 is 0 Å². The lowest BCUT2D eigenvalue weighted by molar-refractivity contribution is -0.135. The first-order valence-electron chi connectivity index (χ1n) is 8.87. The summed E-state index contributed by atoms with van der Waals surface area (Å²) in [6.07, 6.45) is 0.810. The Morgan fingerprint density at radius 2 is 1.81 bits per heavy atom. The Bertz CT molecular complexity index is 819. The zero-order chi connectivity index (χ0) is 18.7. The second-order valence-corrected chi connectivity index (χ2v) is 6.98. The van der Waals surface area contributed by atoms with Crippen LogP contribution in [0.1, 0.15) is 35.3 Å². The maximum absolute atomic E-state index is 13.4. The van der Waals surface area contributed by atoms with E-state index < -0.39 is 17.8 Å². The standard InChI is InChI=1S/C21H23FN2O2/c1-14(2)19(23-20(25)16-8-5-9-18(22)12-16)21(26)24-11-10-15-6-3-4-7-17(15)13-24/h3-9,12,14,19H,10-11,13H2,1-2H3,(H,23,25)/t19-/m1/s1. The highest BCUT2D eigenvalue weighted by Crippen LogP contribution is 2.20. The number of hydrogen-bond acceptors (Lipinski definition) is 2. The Hall–Kier alpha value is -2.69. The fourth-order valence-electron chi connectivity index (χ4n) is 3.25. The molecule has 4 nitrogen and oxygen atoms in total. The molecule has 0 radical (unpaired) electrons. The van der Waals surface area contributed by atoms with Crippen molar-refractivity contribution in [3.63, 3.8) is 0 Å². The van der Waals surface area contributed by atoms with Gasteiger partial charge in [-0.3, -0.25) is 9.59 Å². The summed E-state index contributed by atoms with van der Waals surface area (Å²) in [6.45, 7) is 4.97. The van der Waals surface area contributed by atoms with E-state index in [1.807, 2.05) is 32.0 Å². The van der Waals surface area contributed by atoms with Crippen molar-refractivity contribution in [1.29, 1.82) is 0 Å². The third-order valence-corrected chi connectivity index (χ3v) is 4.75. The van der Waals surface area contributed by atoms with Gasteiger partial charge >= 0.3 is 0 Å².